The van der Waals surface area contributed by atoms with Crippen LogP contribution in [0.1, 0.15) is 44.2 Å². The van der Waals surface area contributed by atoms with E-state index in [0.29, 0.717) is 18.4 Å². The molecule has 0 aromatic heterocycles. The van der Waals surface area contributed by atoms with Gasteiger partial charge in [0.25, 0.3) is 0 Å². The van der Waals surface area contributed by atoms with Gasteiger partial charge in [-0.2, -0.15) is 0 Å². The smallest absolute Gasteiger partial charge is 0.303 e. The Morgan fingerprint density at radius 1 is 1.40 bits per heavy atom. The predicted molar refractivity (Wildman–Crippen MR) is 83.7 cm³/mol. The molecule has 0 spiro atoms. The fourth-order valence-corrected chi connectivity index (χ4v) is 3.58. The molecule has 1 saturated heterocycles. The van der Waals surface area contributed by atoms with E-state index in [-0.39, 0.29) is 0 Å². The van der Waals surface area contributed by atoms with E-state index in [2.05, 4.69) is 46.0 Å². The van der Waals surface area contributed by atoms with Crippen molar-refractivity contribution >= 4 is 21.9 Å². The average Bonchev–Trinajstić information content (AvgIpc) is 2.45. The zero-order valence-corrected chi connectivity index (χ0v) is 13.5. The molecule has 0 aliphatic carbocycles. The first-order valence-corrected chi connectivity index (χ1v) is 8.07. The van der Waals surface area contributed by atoms with E-state index in [9.17, 15) is 4.79 Å². The molecule has 1 unspecified atom stereocenters. The molecule has 0 bridgehead atoms. The largest absolute Gasteiger partial charge is 0.481 e. The number of rotatable bonds is 5. The summed E-state index contributed by atoms with van der Waals surface area (Å²) in [6, 6.07) is 8.79. The first kappa shape index (κ1) is 15.5. The molecule has 2 rings (SSSR count). The van der Waals surface area contributed by atoms with Crippen LogP contribution in [0.4, 0.5) is 0 Å². The Balaban J connectivity index is 1.87. The number of piperidine rings is 1. The van der Waals surface area contributed by atoms with Crippen LogP contribution < -0.4 is 0 Å². The first-order valence-electron chi connectivity index (χ1n) is 7.28. The molecule has 1 aromatic carbocycles. The van der Waals surface area contributed by atoms with Crippen LogP contribution in [0.2, 0.25) is 0 Å². The molecule has 0 amide bonds. The van der Waals surface area contributed by atoms with Crippen molar-refractivity contribution in [3.05, 3.63) is 34.3 Å². The van der Waals surface area contributed by atoms with Gasteiger partial charge >= 0.3 is 5.97 Å². The predicted octanol–water partition coefficient (Wildman–Crippen LogP) is 4.09. The van der Waals surface area contributed by atoms with Crippen LogP contribution in [0.25, 0.3) is 0 Å². The standard InChI is InChI=1S/C16H22BrNO2/c1-12(14-4-2-3-5-15(14)17)18-10-8-13(9-11-18)6-7-16(19)20/h2-5,12-13H,6-11H2,1H3,(H,19,20). The molecule has 1 N–H and O–H groups in total. The third-order valence-electron chi connectivity index (χ3n) is 4.32. The van der Waals surface area contributed by atoms with Crippen LogP contribution in [-0.2, 0) is 4.79 Å². The van der Waals surface area contributed by atoms with Crippen molar-refractivity contribution < 1.29 is 9.90 Å². The summed E-state index contributed by atoms with van der Waals surface area (Å²) in [6.45, 7) is 4.37. The van der Waals surface area contributed by atoms with Gasteiger partial charge in [0.05, 0.1) is 0 Å². The molecule has 20 heavy (non-hydrogen) atoms. The van der Waals surface area contributed by atoms with Gasteiger partial charge in [-0.15, -0.1) is 0 Å². The molecule has 1 heterocycles. The quantitative estimate of drug-likeness (QED) is 0.878. The highest BCUT2D eigenvalue weighted by Gasteiger charge is 2.24. The first-order chi connectivity index (χ1) is 9.58. The Kier molecular flexibility index (Phi) is 5.61. The van der Waals surface area contributed by atoms with Crippen molar-refractivity contribution in [1.29, 1.82) is 0 Å². The number of hydrogen-bond acceptors (Lipinski definition) is 2. The monoisotopic (exact) mass is 339 g/mol. The highest BCUT2D eigenvalue weighted by molar-refractivity contribution is 9.10. The van der Waals surface area contributed by atoms with E-state index >= 15 is 0 Å². The molecule has 1 aromatic rings. The number of nitrogens with zero attached hydrogens (tertiary/aromatic N) is 1. The Morgan fingerprint density at radius 3 is 2.65 bits per heavy atom. The van der Waals surface area contributed by atoms with Crippen LogP contribution in [0, 0.1) is 5.92 Å². The number of carboxylic acid groups (broad SMARTS) is 1. The van der Waals surface area contributed by atoms with E-state index in [1.165, 1.54) is 10.0 Å². The minimum Gasteiger partial charge on any atom is -0.481 e. The molecule has 1 aliphatic heterocycles. The minimum absolute atomic E-state index is 0.310. The maximum absolute atomic E-state index is 10.6. The third kappa shape index (κ3) is 4.06. The average molecular weight is 340 g/mol. The second kappa shape index (κ2) is 7.23. The van der Waals surface area contributed by atoms with Crippen molar-refractivity contribution in [2.24, 2.45) is 5.92 Å². The maximum Gasteiger partial charge on any atom is 0.303 e. The van der Waals surface area contributed by atoms with Gasteiger partial charge in [0.1, 0.15) is 0 Å². The summed E-state index contributed by atoms with van der Waals surface area (Å²) in [5, 5.41) is 8.75. The lowest BCUT2D eigenvalue weighted by Gasteiger charge is -2.36. The van der Waals surface area contributed by atoms with Gasteiger partial charge in [-0.25, -0.2) is 0 Å². The molecule has 3 nitrogen and oxygen atoms in total. The van der Waals surface area contributed by atoms with Gasteiger partial charge < -0.3 is 5.11 Å². The molecule has 4 heteroatoms. The number of carbonyl (C=O) groups is 1. The molecule has 110 valence electrons. The molecule has 1 aliphatic rings. The summed E-state index contributed by atoms with van der Waals surface area (Å²) in [5.74, 6) is -0.0947. The molecule has 1 fully saturated rings. The van der Waals surface area contributed by atoms with Crippen LogP contribution >= 0.6 is 15.9 Å². The topological polar surface area (TPSA) is 40.5 Å². The number of likely N-dealkylation sites (tertiary alicyclic amines) is 1. The van der Waals surface area contributed by atoms with Gasteiger partial charge in [-0.1, -0.05) is 34.1 Å². The summed E-state index contributed by atoms with van der Waals surface area (Å²) < 4.78 is 1.17. The highest BCUT2D eigenvalue weighted by atomic mass is 79.9. The second-order valence-corrected chi connectivity index (χ2v) is 6.46. The molecule has 1 atom stereocenters. The van der Waals surface area contributed by atoms with Crippen molar-refractivity contribution in [3.8, 4) is 0 Å². The van der Waals surface area contributed by atoms with Gasteiger partial charge in [0.2, 0.25) is 0 Å². The lowest BCUT2D eigenvalue weighted by Crippen LogP contribution is -2.35. The lowest BCUT2D eigenvalue weighted by atomic mass is 9.91. The number of hydrogen-bond donors (Lipinski definition) is 1. The van der Waals surface area contributed by atoms with Crippen molar-refractivity contribution in [2.75, 3.05) is 13.1 Å². The number of aliphatic carboxylic acids is 1. The van der Waals surface area contributed by atoms with Crippen LogP contribution in [-0.4, -0.2) is 29.1 Å². The molecule has 0 radical (unpaired) electrons. The van der Waals surface area contributed by atoms with Gasteiger partial charge in [0, 0.05) is 16.9 Å². The molecule has 0 saturated carbocycles. The van der Waals surface area contributed by atoms with Crippen molar-refractivity contribution in [1.82, 2.24) is 4.90 Å². The van der Waals surface area contributed by atoms with E-state index in [1.807, 2.05) is 6.07 Å². The Morgan fingerprint density at radius 2 is 2.05 bits per heavy atom. The van der Waals surface area contributed by atoms with Crippen LogP contribution in [0.3, 0.4) is 0 Å². The van der Waals surface area contributed by atoms with Crippen LogP contribution in [0.15, 0.2) is 28.7 Å². The summed E-state index contributed by atoms with van der Waals surface area (Å²) in [5.41, 5.74) is 1.33. The Bertz CT molecular complexity index is 456. The van der Waals surface area contributed by atoms with E-state index < -0.39 is 5.97 Å². The van der Waals surface area contributed by atoms with Gasteiger partial charge in [0.15, 0.2) is 0 Å². The van der Waals surface area contributed by atoms with E-state index in [4.69, 9.17) is 5.11 Å². The number of benzene rings is 1. The van der Waals surface area contributed by atoms with E-state index in [1.54, 1.807) is 0 Å². The zero-order valence-electron chi connectivity index (χ0n) is 11.9. The third-order valence-corrected chi connectivity index (χ3v) is 5.04. The SMILES string of the molecule is CC(c1ccccc1Br)N1CCC(CCC(=O)O)CC1. The molecular weight excluding hydrogens is 318 g/mol. The summed E-state index contributed by atoms with van der Waals surface area (Å²) in [7, 11) is 0. The fourth-order valence-electron chi connectivity index (χ4n) is 2.97. The maximum atomic E-state index is 10.6. The van der Waals surface area contributed by atoms with Crippen molar-refractivity contribution in [3.63, 3.8) is 0 Å². The minimum atomic E-state index is -0.672. The van der Waals surface area contributed by atoms with Gasteiger partial charge in [-0.3, -0.25) is 9.69 Å². The zero-order chi connectivity index (χ0) is 14.5. The summed E-state index contributed by atoms with van der Waals surface area (Å²) >= 11 is 3.62. The Hall–Kier alpha value is -0.870. The normalized spacial score (nSPS) is 18.9. The fraction of sp³-hybridized carbons (Fsp3) is 0.562. The van der Waals surface area contributed by atoms with Crippen LogP contribution in [0.5, 0.6) is 0 Å². The van der Waals surface area contributed by atoms with Crippen molar-refractivity contribution in [2.45, 2.75) is 38.6 Å². The highest BCUT2D eigenvalue weighted by Crippen LogP contribution is 2.31. The number of carboxylic acids is 1. The lowest BCUT2D eigenvalue weighted by molar-refractivity contribution is -0.137. The van der Waals surface area contributed by atoms with E-state index in [0.717, 1.165) is 32.4 Å². The summed E-state index contributed by atoms with van der Waals surface area (Å²) in [6.07, 6.45) is 3.36. The van der Waals surface area contributed by atoms with Gasteiger partial charge in [-0.05, 0) is 56.8 Å². The number of halogens is 1. The summed E-state index contributed by atoms with van der Waals surface area (Å²) in [4.78, 5) is 13.1. The Labute approximate surface area is 129 Å². The molecular formula is C16H22BrNO2. The second-order valence-electron chi connectivity index (χ2n) is 5.61.